The first kappa shape index (κ1) is 18.4. The number of fused-ring (bicyclic) bond motifs is 1. The molecule has 3 aromatic rings. The summed E-state index contributed by atoms with van der Waals surface area (Å²) in [6, 6.07) is 17.4. The van der Waals surface area contributed by atoms with E-state index in [4.69, 9.17) is 5.11 Å². The molecule has 3 aromatic carbocycles. The second-order valence-electron chi connectivity index (χ2n) is 6.65. The van der Waals surface area contributed by atoms with E-state index in [0.29, 0.717) is 17.1 Å². The first-order valence-corrected chi connectivity index (χ1v) is 8.93. The topological polar surface area (TPSA) is 103 Å². The Labute approximate surface area is 166 Å². The Morgan fingerprint density at radius 2 is 1.90 bits per heavy atom. The number of anilines is 1. The summed E-state index contributed by atoms with van der Waals surface area (Å²) in [6.07, 6.45) is 1.46. The summed E-state index contributed by atoms with van der Waals surface area (Å²) < 4.78 is 0. The second kappa shape index (κ2) is 7.20. The van der Waals surface area contributed by atoms with Crippen molar-refractivity contribution in [3.8, 4) is 5.75 Å². The maximum absolute atomic E-state index is 13.0. The number of rotatable bonds is 4. The summed E-state index contributed by atoms with van der Waals surface area (Å²) >= 11 is 0. The minimum atomic E-state index is -1.22. The van der Waals surface area contributed by atoms with Crippen molar-refractivity contribution in [2.24, 2.45) is 16.0 Å². The molecular formula is C22H17N3O4. The zero-order valence-electron chi connectivity index (χ0n) is 15.5. The van der Waals surface area contributed by atoms with Crippen LogP contribution in [-0.2, 0) is 4.79 Å². The molecule has 0 aromatic heterocycles. The summed E-state index contributed by atoms with van der Waals surface area (Å²) in [5, 5.41) is 26.5. The number of benzene rings is 3. The Hall–Kier alpha value is -4.00. The summed E-state index contributed by atoms with van der Waals surface area (Å²) in [7, 11) is 0. The van der Waals surface area contributed by atoms with Gasteiger partial charge >= 0.3 is 5.97 Å². The Morgan fingerprint density at radius 1 is 1.14 bits per heavy atom. The molecule has 0 saturated heterocycles. The molecule has 4 rings (SSSR count). The predicted molar refractivity (Wildman–Crippen MR) is 111 cm³/mol. The van der Waals surface area contributed by atoms with E-state index >= 15 is 0 Å². The molecule has 0 spiro atoms. The molecular weight excluding hydrogens is 370 g/mol. The van der Waals surface area contributed by atoms with Crippen molar-refractivity contribution in [3.05, 3.63) is 66.2 Å². The first-order valence-electron chi connectivity index (χ1n) is 8.93. The lowest BCUT2D eigenvalue weighted by Gasteiger charge is -2.15. The molecule has 1 aliphatic rings. The van der Waals surface area contributed by atoms with Crippen LogP contribution in [-0.4, -0.2) is 34.0 Å². The van der Waals surface area contributed by atoms with Crippen molar-refractivity contribution in [2.45, 2.75) is 6.92 Å². The van der Waals surface area contributed by atoms with Gasteiger partial charge < -0.3 is 10.2 Å². The number of carbonyl (C=O) groups excluding carboxylic acids is 1. The minimum Gasteiger partial charge on any atom is -0.507 e. The van der Waals surface area contributed by atoms with Gasteiger partial charge in [-0.1, -0.05) is 36.4 Å². The van der Waals surface area contributed by atoms with Gasteiger partial charge in [0.05, 0.1) is 17.1 Å². The van der Waals surface area contributed by atoms with Crippen LogP contribution in [0.5, 0.6) is 5.75 Å². The van der Waals surface area contributed by atoms with Gasteiger partial charge in [0.15, 0.2) is 0 Å². The van der Waals surface area contributed by atoms with Gasteiger partial charge in [0.25, 0.3) is 5.91 Å². The third-order valence-electron chi connectivity index (χ3n) is 4.76. The molecule has 1 amide bonds. The Morgan fingerprint density at radius 3 is 2.66 bits per heavy atom. The fraction of sp³-hybridized carbons (Fsp3) is 0.0909. The normalized spacial score (nSPS) is 16.6. The van der Waals surface area contributed by atoms with Gasteiger partial charge in [-0.15, -0.1) is 0 Å². The van der Waals surface area contributed by atoms with Crippen molar-refractivity contribution < 1.29 is 19.8 Å². The minimum absolute atomic E-state index is 0.208. The van der Waals surface area contributed by atoms with Gasteiger partial charge in [-0.25, -0.2) is 4.79 Å². The van der Waals surface area contributed by atoms with Crippen molar-refractivity contribution >= 4 is 45.9 Å². The van der Waals surface area contributed by atoms with Crippen LogP contribution in [0.4, 0.5) is 11.4 Å². The van der Waals surface area contributed by atoms with Crippen LogP contribution in [0.3, 0.4) is 0 Å². The maximum Gasteiger partial charge on any atom is 0.339 e. The van der Waals surface area contributed by atoms with Crippen molar-refractivity contribution in [1.82, 2.24) is 0 Å². The van der Waals surface area contributed by atoms with E-state index in [1.165, 1.54) is 29.4 Å². The summed E-state index contributed by atoms with van der Waals surface area (Å²) in [6.45, 7) is 1.75. The molecule has 1 heterocycles. The van der Waals surface area contributed by atoms with Gasteiger partial charge in [-0.3, -0.25) is 9.79 Å². The third kappa shape index (κ3) is 3.34. The lowest BCUT2D eigenvalue weighted by atomic mass is 10.1. The number of aromatic carboxylic acids is 1. The molecule has 1 unspecified atom stereocenters. The molecule has 1 aliphatic heterocycles. The number of aromatic hydroxyl groups is 1. The van der Waals surface area contributed by atoms with E-state index in [1.807, 2.05) is 42.5 Å². The molecule has 144 valence electrons. The highest BCUT2D eigenvalue weighted by Gasteiger charge is 2.33. The molecule has 7 heteroatoms. The largest absolute Gasteiger partial charge is 0.507 e. The Bertz CT molecular complexity index is 1190. The molecule has 1 atom stereocenters. The van der Waals surface area contributed by atoms with E-state index < -0.39 is 11.9 Å². The lowest BCUT2D eigenvalue weighted by molar-refractivity contribution is -0.118. The predicted octanol–water partition coefficient (Wildman–Crippen LogP) is 3.98. The molecule has 0 saturated carbocycles. The van der Waals surface area contributed by atoms with Crippen LogP contribution >= 0.6 is 0 Å². The van der Waals surface area contributed by atoms with Gasteiger partial charge in [0.1, 0.15) is 17.2 Å². The highest BCUT2D eigenvalue weighted by atomic mass is 16.4. The van der Waals surface area contributed by atoms with Crippen LogP contribution < -0.4 is 5.01 Å². The van der Waals surface area contributed by atoms with Crippen molar-refractivity contribution in [3.63, 3.8) is 0 Å². The number of amides is 1. The molecule has 0 aliphatic carbocycles. The number of phenols is 1. The zero-order chi connectivity index (χ0) is 20.5. The SMILES string of the molecule is CC1=NN(c2cccc3ccccc23)C(=O)C1C=Nc1ccc(C(=O)O)c(O)c1. The van der Waals surface area contributed by atoms with E-state index in [-0.39, 0.29) is 17.2 Å². The number of aliphatic imine (C=N–C) groups is 1. The van der Waals surface area contributed by atoms with E-state index in [0.717, 1.165) is 10.8 Å². The zero-order valence-corrected chi connectivity index (χ0v) is 15.5. The second-order valence-corrected chi connectivity index (χ2v) is 6.65. The smallest absolute Gasteiger partial charge is 0.339 e. The molecule has 29 heavy (non-hydrogen) atoms. The molecule has 2 N–H and O–H groups in total. The van der Waals surface area contributed by atoms with E-state index in [1.54, 1.807) is 6.92 Å². The Balaban J connectivity index is 1.62. The molecule has 0 fully saturated rings. The fourth-order valence-corrected chi connectivity index (χ4v) is 3.26. The van der Waals surface area contributed by atoms with Crippen LogP contribution in [0.2, 0.25) is 0 Å². The number of carboxylic acid groups (broad SMARTS) is 1. The fourth-order valence-electron chi connectivity index (χ4n) is 3.26. The Kier molecular flexibility index (Phi) is 4.56. The number of hydrogen-bond donors (Lipinski definition) is 2. The van der Waals surface area contributed by atoms with Gasteiger partial charge in [-0.05, 0) is 30.5 Å². The lowest BCUT2D eigenvalue weighted by Crippen LogP contribution is -2.28. The highest BCUT2D eigenvalue weighted by Crippen LogP contribution is 2.31. The van der Waals surface area contributed by atoms with Crippen LogP contribution in [0.1, 0.15) is 17.3 Å². The number of carbonyl (C=O) groups is 2. The van der Waals surface area contributed by atoms with Crippen molar-refractivity contribution in [1.29, 1.82) is 0 Å². The average Bonchev–Trinajstić information content (AvgIpc) is 2.99. The number of nitrogens with zero attached hydrogens (tertiary/aromatic N) is 3. The third-order valence-corrected chi connectivity index (χ3v) is 4.76. The van der Waals surface area contributed by atoms with Gasteiger partial charge in [0.2, 0.25) is 0 Å². The molecule has 7 nitrogen and oxygen atoms in total. The summed E-state index contributed by atoms with van der Waals surface area (Å²) in [5.74, 6) is -2.48. The van der Waals surface area contributed by atoms with Crippen LogP contribution in [0.25, 0.3) is 10.8 Å². The highest BCUT2D eigenvalue weighted by molar-refractivity contribution is 6.25. The standard InChI is InChI=1S/C22H17N3O4/c1-13-18(12-23-15-9-10-17(22(28)29)20(26)11-15)21(27)25(24-13)19-8-4-6-14-5-2-3-7-16(14)19/h2-12,18,26H,1H3,(H,28,29). The van der Waals surface area contributed by atoms with Crippen LogP contribution in [0, 0.1) is 5.92 Å². The maximum atomic E-state index is 13.0. The van der Waals surface area contributed by atoms with Gasteiger partial charge in [-0.2, -0.15) is 10.1 Å². The van der Waals surface area contributed by atoms with Crippen molar-refractivity contribution in [2.75, 3.05) is 5.01 Å². The van der Waals surface area contributed by atoms with Crippen LogP contribution in [0.15, 0.2) is 70.8 Å². The number of hydrogen-bond acceptors (Lipinski definition) is 5. The summed E-state index contributed by atoms with van der Waals surface area (Å²) in [4.78, 5) is 28.2. The molecule has 0 bridgehead atoms. The number of hydrazone groups is 1. The monoisotopic (exact) mass is 387 g/mol. The first-order chi connectivity index (χ1) is 14.0. The summed E-state index contributed by atoms with van der Waals surface area (Å²) in [5.41, 5.74) is 1.43. The average molecular weight is 387 g/mol. The number of carboxylic acids is 1. The van der Waals surface area contributed by atoms with E-state index in [9.17, 15) is 14.7 Å². The quantitative estimate of drug-likeness (QED) is 0.661. The molecule has 0 radical (unpaired) electrons. The van der Waals surface area contributed by atoms with E-state index in [2.05, 4.69) is 10.1 Å². The van der Waals surface area contributed by atoms with Gasteiger partial charge in [0, 0.05) is 17.7 Å².